The molecule has 0 saturated heterocycles. The smallest absolute Gasteiger partial charge is 0.433 e. The van der Waals surface area contributed by atoms with E-state index in [1.54, 1.807) is 0 Å². The molecule has 0 aliphatic heterocycles. The fourth-order valence-corrected chi connectivity index (χ4v) is 3.33. The lowest BCUT2D eigenvalue weighted by Crippen LogP contribution is -2.18. The zero-order valence-electron chi connectivity index (χ0n) is 13.8. The first-order valence-corrected chi connectivity index (χ1v) is 10.8. The molecule has 24 heavy (non-hydrogen) atoms. The molecule has 0 N–H and O–H groups in total. The largest absolute Gasteiger partial charge is 0.480 e. The van der Waals surface area contributed by atoms with E-state index in [9.17, 15) is 13.2 Å². The molecule has 0 aromatic carbocycles. The zero-order valence-corrected chi connectivity index (χ0v) is 16.2. The predicted octanol–water partition coefficient (Wildman–Crippen LogP) is 3.89. The summed E-state index contributed by atoms with van der Waals surface area (Å²) in [7, 11) is 0.573. The maximum Gasteiger partial charge on any atom is 0.433 e. The molecule has 0 unspecified atom stereocenters. The Hall–Kier alpha value is -1.00. The number of nitrogens with zero attached hydrogens (tertiary/aromatic N) is 3. The molecule has 2 heterocycles. The number of rotatable bonds is 6. The standard InChI is InChI=1S/C14H19BrF3N3O2S/c1-22-13-11(15)10-9(7-19-13)20-21(12(10)14(16,17)18)8-23-5-6-24(2,3)4/h7H,5-6,8H2,1-4H3. The highest BCUT2D eigenvalue weighted by atomic mass is 79.9. The molecular formula is C14H19BrF3N3O2S. The Bertz CT molecular complexity index is 729. The van der Waals surface area contributed by atoms with E-state index in [-0.39, 0.29) is 28.0 Å². The molecule has 0 bridgehead atoms. The van der Waals surface area contributed by atoms with Crippen molar-refractivity contribution in [2.75, 3.05) is 38.2 Å². The van der Waals surface area contributed by atoms with E-state index in [1.165, 1.54) is 13.3 Å². The molecule has 0 spiro atoms. The van der Waals surface area contributed by atoms with Gasteiger partial charge in [0, 0.05) is 5.75 Å². The maximum atomic E-state index is 13.5. The number of aromatic nitrogens is 3. The second-order valence-corrected chi connectivity index (χ2v) is 11.4. The molecule has 2 rings (SSSR count). The van der Waals surface area contributed by atoms with Crippen LogP contribution in [0.5, 0.6) is 5.88 Å². The fraction of sp³-hybridized carbons (Fsp3) is 0.571. The number of pyridine rings is 1. The molecule has 2 aromatic rings. The minimum Gasteiger partial charge on any atom is -0.480 e. The van der Waals surface area contributed by atoms with Gasteiger partial charge in [-0.3, -0.25) is 0 Å². The number of halogens is 4. The number of fused-ring (bicyclic) bond motifs is 1. The molecule has 0 aliphatic rings. The van der Waals surface area contributed by atoms with Gasteiger partial charge in [0.1, 0.15) is 12.2 Å². The number of alkyl halides is 3. The predicted molar refractivity (Wildman–Crippen MR) is 93.0 cm³/mol. The lowest BCUT2D eigenvalue weighted by Gasteiger charge is -2.24. The van der Waals surface area contributed by atoms with Gasteiger partial charge in [-0.05, 0) is 34.7 Å². The third-order valence-corrected chi connectivity index (χ3v) is 5.33. The first-order chi connectivity index (χ1) is 11.0. The van der Waals surface area contributed by atoms with E-state index in [1.807, 2.05) is 0 Å². The van der Waals surface area contributed by atoms with Crippen molar-refractivity contribution >= 4 is 36.9 Å². The normalized spacial score (nSPS) is 13.5. The SMILES string of the molecule is COc1ncc2nn(COCCS(C)(C)C)c(C(F)(F)F)c2c1Br. The number of methoxy groups -OCH3 is 1. The summed E-state index contributed by atoms with van der Waals surface area (Å²) in [5.74, 6) is 0.888. The highest BCUT2D eigenvalue weighted by Gasteiger charge is 2.39. The second-order valence-electron chi connectivity index (χ2n) is 6.02. The molecule has 5 nitrogen and oxygen atoms in total. The van der Waals surface area contributed by atoms with Crippen molar-refractivity contribution in [1.82, 2.24) is 14.8 Å². The zero-order chi connectivity index (χ0) is 18.1. The fourth-order valence-electron chi connectivity index (χ4n) is 2.05. The third kappa shape index (κ3) is 4.34. The number of hydrogen-bond donors (Lipinski definition) is 0. The Morgan fingerprint density at radius 2 is 1.96 bits per heavy atom. The van der Waals surface area contributed by atoms with Crippen LogP contribution in [-0.2, 0) is 17.6 Å². The van der Waals surface area contributed by atoms with Crippen molar-refractivity contribution in [3.8, 4) is 5.88 Å². The van der Waals surface area contributed by atoms with Crippen LogP contribution in [0.25, 0.3) is 10.9 Å². The molecule has 10 heteroatoms. The molecule has 136 valence electrons. The van der Waals surface area contributed by atoms with Gasteiger partial charge in [-0.15, -0.1) is 0 Å². The van der Waals surface area contributed by atoms with Crippen LogP contribution in [0.3, 0.4) is 0 Å². The molecule has 0 atom stereocenters. The van der Waals surface area contributed by atoms with Gasteiger partial charge in [-0.2, -0.15) is 18.3 Å². The van der Waals surface area contributed by atoms with Gasteiger partial charge in [-0.25, -0.2) is 19.7 Å². The molecule has 0 saturated carbocycles. The summed E-state index contributed by atoms with van der Waals surface area (Å²) in [5.41, 5.74) is -0.756. The van der Waals surface area contributed by atoms with Gasteiger partial charge in [0.15, 0.2) is 5.69 Å². The first kappa shape index (κ1) is 19.3. The van der Waals surface area contributed by atoms with Crippen LogP contribution in [0, 0.1) is 0 Å². The minimum atomic E-state index is -4.58. The van der Waals surface area contributed by atoms with Crippen LogP contribution in [0.1, 0.15) is 5.69 Å². The number of hydrogen-bond acceptors (Lipinski definition) is 4. The van der Waals surface area contributed by atoms with Crippen molar-refractivity contribution in [3.05, 3.63) is 16.4 Å². The average molecular weight is 430 g/mol. The van der Waals surface area contributed by atoms with E-state index in [0.29, 0.717) is 6.61 Å². The van der Waals surface area contributed by atoms with Gasteiger partial charge < -0.3 is 9.47 Å². The summed E-state index contributed by atoms with van der Waals surface area (Å²) in [6.45, 7) is 0.114. The van der Waals surface area contributed by atoms with E-state index in [0.717, 1.165) is 10.4 Å². The summed E-state index contributed by atoms with van der Waals surface area (Å²) in [5, 5.41) is 3.90. The van der Waals surface area contributed by atoms with Gasteiger partial charge in [0.25, 0.3) is 0 Å². The van der Waals surface area contributed by atoms with E-state index in [2.05, 4.69) is 44.8 Å². The number of ether oxygens (including phenoxy) is 2. The lowest BCUT2D eigenvalue weighted by molar-refractivity contribution is -0.145. The van der Waals surface area contributed by atoms with Crippen LogP contribution >= 0.6 is 26.0 Å². The van der Waals surface area contributed by atoms with Gasteiger partial charge in [0.2, 0.25) is 5.88 Å². The van der Waals surface area contributed by atoms with Crippen molar-refractivity contribution in [2.45, 2.75) is 12.9 Å². The molecule has 0 amide bonds. The summed E-state index contributed by atoms with van der Waals surface area (Å²) < 4.78 is 51.9. The monoisotopic (exact) mass is 429 g/mol. The Morgan fingerprint density at radius 3 is 2.50 bits per heavy atom. The highest BCUT2D eigenvalue weighted by Crippen LogP contribution is 2.40. The average Bonchev–Trinajstić information content (AvgIpc) is 2.82. The summed E-state index contributed by atoms with van der Waals surface area (Å²) >= 11 is 3.13. The molecule has 0 fully saturated rings. The summed E-state index contributed by atoms with van der Waals surface area (Å²) in [4.78, 5) is 3.94. The lowest BCUT2D eigenvalue weighted by atomic mass is 10.2. The van der Waals surface area contributed by atoms with Crippen LogP contribution in [0.15, 0.2) is 10.7 Å². The summed E-state index contributed by atoms with van der Waals surface area (Å²) in [6, 6.07) is 0. The minimum absolute atomic E-state index is 0.0739. The van der Waals surface area contributed by atoms with Crippen LogP contribution in [-0.4, -0.2) is 53.0 Å². The molecule has 0 aliphatic carbocycles. The second kappa shape index (κ2) is 7.09. The van der Waals surface area contributed by atoms with Crippen molar-refractivity contribution < 1.29 is 22.6 Å². The maximum absolute atomic E-state index is 13.5. The highest BCUT2D eigenvalue weighted by molar-refractivity contribution is 9.10. The van der Waals surface area contributed by atoms with Crippen molar-refractivity contribution in [1.29, 1.82) is 0 Å². The van der Waals surface area contributed by atoms with E-state index >= 15 is 0 Å². The van der Waals surface area contributed by atoms with Crippen molar-refractivity contribution in [3.63, 3.8) is 0 Å². The van der Waals surface area contributed by atoms with E-state index in [4.69, 9.17) is 9.47 Å². The van der Waals surface area contributed by atoms with Crippen LogP contribution in [0.2, 0.25) is 0 Å². The molecule has 0 radical (unpaired) electrons. The van der Waals surface area contributed by atoms with Crippen LogP contribution < -0.4 is 4.74 Å². The third-order valence-electron chi connectivity index (χ3n) is 3.21. The van der Waals surface area contributed by atoms with E-state index < -0.39 is 21.9 Å². The van der Waals surface area contributed by atoms with Gasteiger partial charge in [-0.1, -0.05) is 0 Å². The summed E-state index contributed by atoms with van der Waals surface area (Å²) in [6.07, 6.45) is 3.03. The Morgan fingerprint density at radius 1 is 1.29 bits per heavy atom. The quantitative estimate of drug-likeness (QED) is 0.653. The topological polar surface area (TPSA) is 49.2 Å². The van der Waals surface area contributed by atoms with Crippen molar-refractivity contribution in [2.24, 2.45) is 0 Å². The first-order valence-electron chi connectivity index (χ1n) is 6.94. The molecular weight excluding hydrogens is 411 g/mol. The van der Waals surface area contributed by atoms with Crippen LogP contribution in [0.4, 0.5) is 13.2 Å². The van der Waals surface area contributed by atoms with Gasteiger partial charge in [0.05, 0.1) is 29.8 Å². The van der Waals surface area contributed by atoms with Gasteiger partial charge >= 0.3 is 6.18 Å². The Balaban J connectivity index is 2.37. The Labute approximate surface area is 148 Å². The Kier molecular flexibility index (Phi) is 5.71. The molecule has 2 aromatic heterocycles.